The van der Waals surface area contributed by atoms with Gasteiger partial charge < -0.3 is 16.0 Å². The maximum absolute atomic E-state index is 12.1. The first kappa shape index (κ1) is 14.5. The van der Waals surface area contributed by atoms with E-state index >= 15 is 0 Å². The molecule has 1 aliphatic rings. The van der Waals surface area contributed by atoms with Crippen LogP contribution >= 0.6 is 0 Å². The molecule has 2 atom stereocenters. The van der Waals surface area contributed by atoms with Gasteiger partial charge in [-0.25, -0.2) is 0 Å². The lowest BCUT2D eigenvalue weighted by molar-refractivity contribution is -0.120. The Labute approximate surface area is 119 Å². The average molecular weight is 275 g/mol. The largest absolute Gasteiger partial charge is 0.359 e. The van der Waals surface area contributed by atoms with E-state index in [2.05, 4.69) is 22.9 Å². The zero-order chi connectivity index (χ0) is 14.5. The van der Waals surface area contributed by atoms with Crippen molar-refractivity contribution >= 4 is 17.5 Å². The Morgan fingerprint density at radius 2 is 1.95 bits per heavy atom. The molecule has 1 fully saturated rings. The van der Waals surface area contributed by atoms with E-state index in [1.54, 1.807) is 7.05 Å². The lowest BCUT2D eigenvalue weighted by atomic mass is 9.97. The van der Waals surface area contributed by atoms with Crippen molar-refractivity contribution < 1.29 is 9.59 Å². The van der Waals surface area contributed by atoms with Crippen LogP contribution in [0.15, 0.2) is 24.3 Å². The van der Waals surface area contributed by atoms with Gasteiger partial charge in [0.25, 0.3) is 0 Å². The van der Waals surface area contributed by atoms with E-state index in [0.29, 0.717) is 12.3 Å². The second-order valence-corrected chi connectivity index (χ2v) is 5.28. The third kappa shape index (κ3) is 3.57. The highest BCUT2D eigenvalue weighted by atomic mass is 16.2. The van der Waals surface area contributed by atoms with Crippen LogP contribution in [-0.2, 0) is 16.0 Å². The van der Waals surface area contributed by atoms with Crippen molar-refractivity contribution in [2.24, 2.45) is 11.8 Å². The van der Waals surface area contributed by atoms with Crippen molar-refractivity contribution in [1.82, 2.24) is 10.6 Å². The molecule has 0 spiro atoms. The Kier molecular flexibility index (Phi) is 4.74. The molecule has 3 N–H and O–H groups in total. The molecule has 0 aromatic heterocycles. The number of nitrogens with one attached hydrogen (secondary N) is 3. The highest BCUT2D eigenvalue weighted by molar-refractivity contribution is 5.93. The molecule has 1 aromatic rings. The minimum absolute atomic E-state index is 0.0207. The molecule has 0 bridgehead atoms. The summed E-state index contributed by atoms with van der Waals surface area (Å²) in [5.41, 5.74) is 1.70. The third-order valence-corrected chi connectivity index (χ3v) is 3.72. The molecule has 0 radical (unpaired) electrons. The summed E-state index contributed by atoms with van der Waals surface area (Å²) in [7, 11) is 1.62. The number of hydrogen-bond acceptors (Lipinski definition) is 3. The van der Waals surface area contributed by atoms with Gasteiger partial charge in [0.1, 0.15) is 0 Å². The number of benzene rings is 1. The lowest BCUT2D eigenvalue weighted by Crippen LogP contribution is -2.27. The minimum Gasteiger partial charge on any atom is -0.359 e. The second kappa shape index (κ2) is 6.52. The van der Waals surface area contributed by atoms with Gasteiger partial charge >= 0.3 is 0 Å². The Morgan fingerprint density at radius 3 is 2.50 bits per heavy atom. The summed E-state index contributed by atoms with van der Waals surface area (Å²) in [5, 5.41) is 8.74. The van der Waals surface area contributed by atoms with Gasteiger partial charge in [-0.3, -0.25) is 9.59 Å². The topological polar surface area (TPSA) is 70.2 Å². The van der Waals surface area contributed by atoms with Crippen LogP contribution in [0.2, 0.25) is 0 Å². The fourth-order valence-electron chi connectivity index (χ4n) is 2.38. The van der Waals surface area contributed by atoms with Crippen LogP contribution in [0.3, 0.4) is 0 Å². The van der Waals surface area contributed by atoms with Crippen LogP contribution in [0.4, 0.5) is 5.69 Å². The number of carbonyl (C=O) groups excluding carboxylic acids is 2. The fraction of sp³-hybridized carbons (Fsp3) is 0.467. The SMILES string of the molecule is CNC(=O)Cc1ccc(NC(=O)[C@@H]2CNC[C@H]2C)cc1. The maximum atomic E-state index is 12.1. The van der Waals surface area contributed by atoms with Gasteiger partial charge in [-0.15, -0.1) is 0 Å². The predicted octanol–water partition coefficient (Wildman–Crippen LogP) is 0.769. The van der Waals surface area contributed by atoms with Crippen LogP contribution in [-0.4, -0.2) is 32.0 Å². The van der Waals surface area contributed by atoms with Crippen LogP contribution in [0.25, 0.3) is 0 Å². The number of anilines is 1. The van der Waals surface area contributed by atoms with Crippen LogP contribution in [0.5, 0.6) is 0 Å². The van der Waals surface area contributed by atoms with Crippen molar-refractivity contribution in [3.05, 3.63) is 29.8 Å². The van der Waals surface area contributed by atoms with Gasteiger partial charge in [-0.1, -0.05) is 19.1 Å². The molecular formula is C15H21N3O2. The average Bonchev–Trinajstić information content (AvgIpc) is 2.87. The summed E-state index contributed by atoms with van der Waals surface area (Å²) in [6, 6.07) is 7.40. The fourth-order valence-corrected chi connectivity index (χ4v) is 2.38. The van der Waals surface area contributed by atoms with Crippen molar-refractivity contribution in [3.63, 3.8) is 0 Å². The Bertz CT molecular complexity index is 484. The van der Waals surface area contributed by atoms with Gasteiger partial charge in [-0.05, 0) is 30.2 Å². The first-order valence-electron chi connectivity index (χ1n) is 6.91. The molecule has 2 rings (SSSR count). The predicted molar refractivity (Wildman–Crippen MR) is 78.4 cm³/mol. The highest BCUT2D eigenvalue weighted by Crippen LogP contribution is 2.18. The lowest BCUT2D eigenvalue weighted by Gasteiger charge is -2.14. The van der Waals surface area contributed by atoms with E-state index in [9.17, 15) is 9.59 Å². The van der Waals surface area contributed by atoms with Crippen molar-refractivity contribution in [2.75, 3.05) is 25.5 Å². The molecule has 0 aliphatic carbocycles. The number of hydrogen-bond donors (Lipinski definition) is 3. The monoisotopic (exact) mass is 275 g/mol. The van der Waals surface area contributed by atoms with Gasteiger partial charge in [0.2, 0.25) is 11.8 Å². The molecule has 1 heterocycles. The molecule has 0 saturated carbocycles. The minimum atomic E-state index is -0.0207. The van der Waals surface area contributed by atoms with Crippen molar-refractivity contribution in [3.8, 4) is 0 Å². The number of rotatable bonds is 4. The molecule has 1 saturated heterocycles. The molecule has 108 valence electrons. The zero-order valence-corrected chi connectivity index (χ0v) is 11.9. The molecule has 5 nitrogen and oxygen atoms in total. The molecule has 1 aliphatic heterocycles. The Hall–Kier alpha value is -1.88. The Morgan fingerprint density at radius 1 is 1.25 bits per heavy atom. The maximum Gasteiger partial charge on any atom is 0.229 e. The standard InChI is InChI=1S/C15H21N3O2/c1-10-8-17-9-13(10)15(20)18-12-5-3-11(4-6-12)7-14(19)16-2/h3-6,10,13,17H,7-9H2,1-2H3,(H,16,19)(H,18,20)/t10-,13-/m1/s1. The van der Waals surface area contributed by atoms with Gasteiger partial charge in [0, 0.05) is 19.3 Å². The first-order chi connectivity index (χ1) is 9.60. The summed E-state index contributed by atoms with van der Waals surface area (Å²) in [6.45, 7) is 3.71. The third-order valence-electron chi connectivity index (χ3n) is 3.72. The molecule has 1 aromatic carbocycles. The summed E-state index contributed by atoms with van der Waals surface area (Å²) >= 11 is 0. The summed E-state index contributed by atoms with van der Waals surface area (Å²) in [4.78, 5) is 23.4. The molecule has 2 amide bonds. The van der Waals surface area contributed by atoms with Crippen LogP contribution < -0.4 is 16.0 Å². The van der Waals surface area contributed by atoms with E-state index in [0.717, 1.165) is 24.3 Å². The second-order valence-electron chi connectivity index (χ2n) is 5.28. The van der Waals surface area contributed by atoms with E-state index in [1.165, 1.54) is 0 Å². The van der Waals surface area contributed by atoms with Gasteiger partial charge in [-0.2, -0.15) is 0 Å². The first-order valence-corrected chi connectivity index (χ1v) is 6.91. The smallest absolute Gasteiger partial charge is 0.229 e. The summed E-state index contributed by atoms with van der Waals surface area (Å²) < 4.78 is 0. The van der Waals surface area contributed by atoms with E-state index in [4.69, 9.17) is 0 Å². The van der Waals surface area contributed by atoms with E-state index in [-0.39, 0.29) is 17.7 Å². The molecule has 5 heteroatoms. The number of amides is 2. The zero-order valence-electron chi connectivity index (χ0n) is 11.9. The quantitative estimate of drug-likeness (QED) is 0.760. The Balaban J connectivity index is 1.93. The summed E-state index contributed by atoms with van der Waals surface area (Å²) in [6.07, 6.45) is 0.355. The summed E-state index contributed by atoms with van der Waals surface area (Å²) in [5.74, 6) is 0.428. The number of carbonyl (C=O) groups is 2. The molecular weight excluding hydrogens is 254 g/mol. The molecule has 20 heavy (non-hydrogen) atoms. The highest BCUT2D eigenvalue weighted by Gasteiger charge is 2.29. The van der Waals surface area contributed by atoms with Gasteiger partial charge in [0.15, 0.2) is 0 Å². The molecule has 0 unspecified atom stereocenters. The van der Waals surface area contributed by atoms with Crippen LogP contribution in [0, 0.1) is 11.8 Å². The van der Waals surface area contributed by atoms with Gasteiger partial charge in [0.05, 0.1) is 12.3 Å². The van der Waals surface area contributed by atoms with E-state index in [1.807, 2.05) is 24.3 Å². The van der Waals surface area contributed by atoms with E-state index < -0.39 is 0 Å². The normalized spacial score (nSPS) is 21.5. The number of likely N-dealkylation sites (N-methyl/N-ethyl adjacent to an activating group) is 1. The van der Waals surface area contributed by atoms with Crippen LogP contribution in [0.1, 0.15) is 12.5 Å². The van der Waals surface area contributed by atoms with Crippen molar-refractivity contribution in [1.29, 1.82) is 0 Å². The van der Waals surface area contributed by atoms with Crippen molar-refractivity contribution in [2.45, 2.75) is 13.3 Å².